The molecule has 2 rings (SSSR count). The van der Waals surface area contributed by atoms with Crippen molar-refractivity contribution in [3.8, 4) is 0 Å². The molecule has 1 aliphatic heterocycles. The zero-order valence-electron chi connectivity index (χ0n) is 5.17. The molecule has 1 aliphatic rings. The lowest BCUT2D eigenvalue weighted by Crippen LogP contribution is -1.90. The fraction of sp³-hybridized carbons (Fsp3) is 0.333. The molecule has 0 atom stereocenters. The summed E-state index contributed by atoms with van der Waals surface area (Å²) in [4.78, 5) is 0. The summed E-state index contributed by atoms with van der Waals surface area (Å²) in [5, 5.41) is 7.62. The van der Waals surface area contributed by atoms with E-state index < -0.39 is 0 Å². The summed E-state index contributed by atoms with van der Waals surface area (Å²) < 4.78 is 5.99. The second-order valence-electron chi connectivity index (χ2n) is 2.13. The number of rotatable bonds is 0. The molecule has 0 radical (unpaired) electrons. The molecule has 0 saturated carbocycles. The quantitative estimate of drug-likeness (QED) is 0.633. The molecular weight excluding hydrogens is 196 g/mol. The molecule has 0 spiro atoms. The van der Waals surface area contributed by atoms with E-state index in [9.17, 15) is 0 Å². The molecule has 1 aromatic rings. The zero-order valence-corrected chi connectivity index (χ0v) is 6.76. The van der Waals surface area contributed by atoms with Crippen LogP contribution in [0.1, 0.15) is 11.1 Å². The van der Waals surface area contributed by atoms with Crippen LogP contribution in [-0.2, 0) is 18.0 Å². The van der Waals surface area contributed by atoms with Crippen LogP contribution in [0.4, 0.5) is 0 Å². The third-order valence-electron chi connectivity index (χ3n) is 1.50. The minimum Gasteiger partial charge on any atom is -0.372 e. The molecular formula is C6H5BrN2O. The number of fused-ring (bicyclic) bond motifs is 1. The van der Waals surface area contributed by atoms with Gasteiger partial charge < -0.3 is 4.74 Å². The maximum absolute atomic E-state index is 5.19. The van der Waals surface area contributed by atoms with Gasteiger partial charge in [0.15, 0.2) is 0 Å². The van der Waals surface area contributed by atoms with Gasteiger partial charge in [0.2, 0.25) is 0 Å². The van der Waals surface area contributed by atoms with E-state index in [1.807, 2.05) is 0 Å². The van der Waals surface area contributed by atoms with E-state index in [-0.39, 0.29) is 0 Å². The van der Waals surface area contributed by atoms with Crippen molar-refractivity contribution in [2.75, 3.05) is 0 Å². The fourth-order valence-corrected chi connectivity index (χ4v) is 1.42. The molecule has 3 nitrogen and oxygen atoms in total. The first-order valence-corrected chi connectivity index (χ1v) is 3.74. The summed E-state index contributed by atoms with van der Waals surface area (Å²) in [6.07, 6.45) is 1.74. The predicted octanol–water partition coefficient (Wildman–Crippen LogP) is 1.27. The molecule has 10 heavy (non-hydrogen) atoms. The van der Waals surface area contributed by atoms with E-state index in [2.05, 4.69) is 26.1 Å². The lowest BCUT2D eigenvalue weighted by atomic mass is 10.2. The van der Waals surface area contributed by atoms with Gasteiger partial charge in [0.05, 0.1) is 19.4 Å². The summed E-state index contributed by atoms with van der Waals surface area (Å²) >= 11 is 3.29. The lowest BCUT2D eigenvalue weighted by molar-refractivity contribution is 0.134. The van der Waals surface area contributed by atoms with Crippen molar-refractivity contribution in [2.45, 2.75) is 13.2 Å². The molecule has 1 aromatic heterocycles. The van der Waals surface area contributed by atoms with Gasteiger partial charge in [-0.25, -0.2) is 0 Å². The summed E-state index contributed by atoms with van der Waals surface area (Å²) in [6, 6.07) is 0. The van der Waals surface area contributed by atoms with E-state index in [1.165, 1.54) is 0 Å². The van der Waals surface area contributed by atoms with Crippen LogP contribution in [0.2, 0.25) is 0 Å². The average Bonchev–Trinajstić information content (AvgIpc) is 2.36. The van der Waals surface area contributed by atoms with Gasteiger partial charge in [0.25, 0.3) is 0 Å². The average molecular weight is 201 g/mol. The van der Waals surface area contributed by atoms with Crippen molar-refractivity contribution in [1.29, 1.82) is 0 Å². The van der Waals surface area contributed by atoms with Gasteiger partial charge in [-0.05, 0) is 15.9 Å². The third kappa shape index (κ3) is 0.839. The topological polar surface area (TPSA) is 35.0 Å². The molecule has 0 fully saturated rings. The largest absolute Gasteiger partial charge is 0.372 e. The highest BCUT2D eigenvalue weighted by molar-refractivity contribution is 9.10. The van der Waals surface area contributed by atoms with Crippen LogP contribution in [0, 0.1) is 0 Å². The number of aromatic nitrogens is 2. The molecule has 52 valence electrons. The second-order valence-corrected chi connectivity index (χ2v) is 2.88. The van der Waals surface area contributed by atoms with Crippen LogP contribution in [0.25, 0.3) is 0 Å². The Balaban J connectivity index is 2.59. The van der Waals surface area contributed by atoms with Crippen LogP contribution in [0.15, 0.2) is 10.8 Å². The van der Waals surface area contributed by atoms with Crippen molar-refractivity contribution >= 4 is 15.9 Å². The van der Waals surface area contributed by atoms with E-state index in [0.29, 0.717) is 13.2 Å². The van der Waals surface area contributed by atoms with Gasteiger partial charge in [0, 0.05) is 11.1 Å². The van der Waals surface area contributed by atoms with Crippen LogP contribution < -0.4 is 0 Å². The second kappa shape index (κ2) is 2.29. The molecule has 0 aliphatic carbocycles. The van der Waals surface area contributed by atoms with E-state index in [0.717, 1.165) is 15.7 Å². The zero-order chi connectivity index (χ0) is 6.97. The van der Waals surface area contributed by atoms with E-state index in [1.54, 1.807) is 6.20 Å². The van der Waals surface area contributed by atoms with E-state index >= 15 is 0 Å². The van der Waals surface area contributed by atoms with Crippen LogP contribution in [0.5, 0.6) is 0 Å². The smallest absolute Gasteiger partial charge is 0.134 e. The first kappa shape index (κ1) is 6.24. The van der Waals surface area contributed by atoms with Gasteiger partial charge in [-0.2, -0.15) is 5.10 Å². The Morgan fingerprint density at radius 1 is 1.50 bits per heavy atom. The Labute approximate surface area is 66.5 Å². The van der Waals surface area contributed by atoms with Gasteiger partial charge in [-0.15, -0.1) is 5.10 Å². The summed E-state index contributed by atoms with van der Waals surface area (Å²) in [6.45, 7) is 1.33. The molecule has 0 saturated heterocycles. The minimum absolute atomic E-state index is 0.658. The Bertz CT molecular complexity index is 264. The Morgan fingerprint density at radius 2 is 2.40 bits per heavy atom. The molecule has 0 unspecified atom stereocenters. The summed E-state index contributed by atoms with van der Waals surface area (Å²) in [5.74, 6) is 0. The Morgan fingerprint density at radius 3 is 3.20 bits per heavy atom. The van der Waals surface area contributed by atoms with Gasteiger partial charge >= 0.3 is 0 Å². The van der Waals surface area contributed by atoms with Crippen molar-refractivity contribution in [3.05, 3.63) is 21.9 Å². The number of nitrogens with zero attached hydrogens (tertiary/aromatic N) is 2. The minimum atomic E-state index is 0.658. The summed E-state index contributed by atoms with van der Waals surface area (Å²) in [5.41, 5.74) is 2.27. The standard InChI is InChI=1S/C6H5BrN2O/c7-6-5-3-10-2-4(5)1-8-9-6/h1H,2-3H2. The fourth-order valence-electron chi connectivity index (χ4n) is 0.960. The maximum Gasteiger partial charge on any atom is 0.134 e. The van der Waals surface area contributed by atoms with Crippen molar-refractivity contribution in [2.24, 2.45) is 0 Å². The molecule has 0 aromatic carbocycles. The molecule has 0 amide bonds. The van der Waals surface area contributed by atoms with Gasteiger partial charge in [-0.1, -0.05) is 0 Å². The van der Waals surface area contributed by atoms with Crippen molar-refractivity contribution < 1.29 is 4.74 Å². The highest BCUT2D eigenvalue weighted by Gasteiger charge is 2.14. The van der Waals surface area contributed by atoms with Gasteiger partial charge in [0.1, 0.15) is 4.60 Å². The highest BCUT2D eigenvalue weighted by atomic mass is 79.9. The van der Waals surface area contributed by atoms with Gasteiger partial charge in [-0.3, -0.25) is 0 Å². The van der Waals surface area contributed by atoms with Crippen LogP contribution in [0.3, 0.4) is 0 Å². The van der Waals surface area contributed by atoms with Crippen molar-refractivity contribution in [1.82, 2.24) is 10.2 Å². The number of hydrogen-bond donors (Lipinski definition) is 0. The first-order chi connectivity index (χ1) is 4.88. The van der Waals surface area contributed by atoms with Crippen molar-refractivity contribution in [3.63, 3.8) is 0 Å². The maximum atomic E-state index is 5.19. The van der Waals surface area contributed by atoms with Crippen LogP contribution in [-0.4, -0.2) is 10.2 Å². The predicted molar refractivity (Wildman–Crippen MR) is 38.2 cm³/mol. The summed E-state index contributed by atoms with van der Waals surface area (Å²) in [7, 11) is 0. The first-order valence-electron chi connectivity index (χ1n) is 2.94. The number of hydrogen-bond acceptors (Lipinski definition) is 3. The number of halogens is 1. The highest BCUT2D eigenvalue weighted by Crippen LogP contribution is 2.23. The molecule has 0 bridgehead atoms. The third-order valence-corrected chi connectivity index (χ3v) is 2.14. The Kier molecular flexibility index (Phi) is 1.43. The normalized spacial score (nSPS) is 15.3. The van der Waals surface area contributed by atoms with Crippen LogP contribution >= 0.6 is 15.9 Å². The SMILES string of the molecule is Brc1nncc2c1COC2. The monoisotopic (exact) mass is 200 g/mol. The lowest BCUT2D eigenvalue weighted by Gasteiger charge is -1.94. The molecule has 0 N–H and O–H groups in total. The van der Waals surface area contributed by atoms with E-state index in [4.69, 9.17) is 4.74 Å². The molecule has 2 heterocycles. The Hall–Kier alpha value is -0.480. The number of ether oxygens (including phenoxy) is 1. The molecule has 4 heteroatoms.